The highest BCUT2D eigenvalue weighted by Crippen LogP contribution is 2.36. The number of carbonyl (C=O) groups excluding carboxylic acids is 1. The lowest BCUT2D eigenvalue weighted by atomic mass is 9.86. The van der Waals surface area contributed by atoms with Crippen LogP contribution in [0.1, 0.15) is 42.6 Å². The Balaban J connectivity index is 2.07. The molecule has 168 valence electrons. The summed E-state index contributed by atoms with van der Waals surface area (Å²) in [6.45, 7) is 3.63. The molecule has 0 atom stereocenters. The number of rotatable bonds is 7. The highest BCUT2D eigenvalue weighted by Gasteiger charge is 2.30. The number of Topliss-reactive ketones (excluding diaryl/α,β-unsaturated/α-hetero) is 1. The van der Waals surface area contributed by atoms with Crippen molar-refractivity contribution >= 4 is 16.8 Å². The fraction of sp³-hybridized carbons (Fsp3) is 0.348. The molecule has 1 heterocycles. The van der Waals surface area contributed by atoms with Crippen molar-refractivity contribution in [3.8, 4) is 23.3 Å². The maximum absolute atomic E-state index is 12.6. The molecule has 9 heteroatoms. The molecule has 3 aromatic rings. The number of benzene rings is 2. The Hall–Kier alpha value is -3.54. The van der Waals surface area contributed by atoms with Gasteiger partial charge in [-0.1, -0.05) is 6.07 Å². The van der Waals surface area contributed by atoms with Crippen LogP contribution in [0.25, 0.3) is 16.7 Å². The normalized spacial score (nSPS) is 11.9. The van der Waals surface area contributed by atoms with E-state index in [0.717, 1.165) is 11.1 Å². The van der Waals surface area contributed by atoms with Crippen molar-refractivity contribution in [3.63, 3.8) is 0 Å². The third-order valence-electron chi connectivity index (χ3n) is 5.23. The van der Waals surface area contributed by atoms with Gasteiger partial charge in [0.1, 0.15) is 23.4 Å². The van der Waals surface area contributed by atoms with Crippen molar-refractivity contribution in [3.05, 3.63) is 47.8 Å². The molecule has 0 spiro atoms. The van der Waals surface area contributed by atoms with Crippen molar-refractivity contribution in [2.75, 3.05) is 14.2 Å². The number of hydrogen-bond donors (Lipinski definition) is 0. The van der Waals surface area contributed by atoms with Crippen molar-refractivity contribution in [2.45, 2.75) is 38.3 Å². The zero-order valence-corrected chi connectivity index (χ0v) is 18.1. The van der Waals surface area contributed by atoms with Crippen molar-refractivity contribution < 1.29 is 27.4 Å². The van der Waals surface area contributed by atoms with E-state index >= 15 is 0 Å². The van der Waals surface area contributed by atoms with E-state index in [-0.39, 0.29) is 17.1 Å². The monoisotopic (exact) mass is 445 g/mol. The zero-order chi connectivity index (χ0) is 23.7. The van der Waals surface area contributed by atoms with Crippen LogP contribution in [-0.2, 0) is 5.41 Å². The Bertz CT molecular complexity index is 1180. The Kier molecular flexibility index (Phi) is 6.17. The lowest BCUT2D eigenvalue weighted by Gasteiger charge is -2.17. The molecule has 3 rings (SSSR count). The minimum absolute atomic E-state index is 0.0366. The van der Waals surface area contributed by atoms with Gasteiger partial charge in [-0.25, -0.2) is 4.98 Å². The molecule has 0 bridgehead atoms. The number of methoxy groups -OCH3 is 2. The lowest BCUT2D eigenvalue weighted by molar-refractivity contribution is -0.133. The number of carbonyl (C=O) groups is 1. The number of halogens is 3. The molecule has 32 heavy (non-hydrogen) atoms. The van der Waals surface area contributed by atoms with E-state index in [4.69, 9.17) is 9.47 Å². The summed E-state index contributed by atoms with van der Waals surface area (Å²) in [5.74, 6) is -0.507. The smallest absolute Gasteiger partial charge is 0.389 e. The molecule has 0 aliphatic rings. The summed E-state index contributed by atoms with van der Waals surface area (Å²) in [6.07, 6.45) is -4.80. The van der Waals surface area contributed by atoms with Gasteiger partial charge in [-0.15, -0.1) is 0 Å². The van der Waals surface area contributed by atoms with E-state index in [1.165, 1.54) is 14.2 Å². The van der Waals surface area contributed by atoms with Gasteiger partial charge in [0.25, 0.3) is 0 Å². The van der Waals surface area contributed by atoms with Gasteiger partial charge in [0.15, 0.2) is 5.78 Å². The molecule has 0 saturated carbocycles. The van der Waals surface area contributed by atoms with Crippen LogP contribution in [0.4, 0.5) is 13.2 Å². The molecule has 6 nitrogen and oxygen atoms in total. The van der Waals surface area contributed by atoms with E-state index in [9.17, 15) is 23.2 Å². The van der Waals surface area contributed by atoms with E-state index in [1.54, 1.807) is 23.0 Å². The number of nitriles is 1. The van der Waals surface area contributed by atoms with Crippen LogP contribution in [0.15, 0.2) is 36.7 Å². The van der Waals surface area contributed by atoms with Gasteiger partial charge < -0.3 is 9.47 Å². The quantitative estimate of drug-likeness (QED) is 0.457. The second-order valence-corrected chi connectivity index (χ2v) is 7.82. The lowest BCUT2D eigenvalue weighted by Crippen LogP contribution is -2.13. The SMILES string of the molecule is COc1cc(-n2cnc3cc(C(C)(C)C#N)ccc32)cc(OC)c1C(=O)CCC(F)(F)F. The van der Waals surface area contributed by atoms with E-state index in [2.05, 4.69) is 11.1 Å². The van der Waals surface area contributed by atoms with E-state index in [1.807, 2.05) is 32.0 Å². The van der Waals surface area contributed by atoms with Crippen LogP contribution >= 0.6 is 0 Å². The number of fused-ring (bicyclic) bond motifs is 1. The first-order valence-corrected chi connectivity index (χ1v) is 9.76. The van der Waals surface area contributed by atoms with E-state index in [0.29, 0.717) is 11.2 Å². The van der Waals surface area contributed by atoms with Gasteiger partial charge in [-0.3, -0.25) is 9.36 Å². The average molecular weight is 445 g/mol. The first-order chi connectivity index (χ1) is 15.0. The van der Waals surface area contributed by atoms with E-state index < -0.39 is 30.2 Å². The van der Waals surface area contributed by atoms with Gasteiger partial charge >= 0.3 is 6.18 Å². The number of alkyl halides is 3. The second-order valence-electron chi connectivity index (χ2n) is 7.82. The molecule has 0 aliphatic carbocycles. The zero-order valence-electron chi connectivity index (χ0n) is 18.1. The first-order valence-electron chi connectivity index (χ1n) is 9.76. The maximum Gasteiger partial charge on any atom is 0.389 e. The summed E-state index contributed by atoms with van der Waals surface area (Å²) in [5.41, 5.74) is 2.06. The van der Waals surface area contributed by atoms with Gasteiger partial charge in [0, 0.05) is 18.6 Å². The van der Waals surface area contributed by atoms with Crippen LogP contribution in [0.3, 0.4) is 0 Å². The Morgan fingerprint density at radius 3 is 2.28 bits per heavy atom. The molecule has 2 aromatic carbocycles. The molecular formula is C23H22F3N3O3. The number of imidazole rings is 1. The molecule has 0 saturated heterocycles. The van der Waals surface area contributed by atoms with Gasteiger partial charge in [0.05, 0.1) is 48.8 Å². The molecule has 0 amide bonds. The van der Waals surface area contributed by atoms with Crippen molar-refractivity contribution in [1.29, 1.82) is 5.26 Å². The molecule has 1 aromatic heterocycles. The Morgan fingerprint density at radius 2 is 1.75 bits per heavy atom. The van der Waals surface area contributed by atoms with Crippen LogP contribution in [0.5, 0.6) is 11.5 Å². The van der Waals surface area contributed by atoms with Crippen LogP contribution in [0, 0.1) is 11.3 Å². The van der Waals surface area contributed by atoms with Crippen molar-refractivity contribution in [2.24, 2.45) is 0 Å². The van der Waals surface area contributed by atoms with Crippen LogP contribution in [-0.4, -0.2) is 35.7 Å². The number of ketones is 1. The summed E-state index contributed by atoms with van der Waals surface area (Å²) in [7, 11) is 2.67. The molecular weight excluding hydrogens is 423 g/mol. The molecule has 0 radical (unpaired) electrons. The number of nitrogens with zero attached hydrogens (tertiary/aromatic N) is 3. The largest absolute Gasteiger partial charge is 0.496 e. The number of hydrogen-bond acceptors (Lipinski definition) is 5. The molecule has 0 aliphatic heterocycles. The molecule has 0 unspecified atom stereocenters. The Morgan fingerprint density at radius 1 is 1.12 bits per heavy atom. The van der Waals surface area contributed by atoms with Crippen molar-refractivity contribution in [1.82, 2.24) is 9.55 Å². The summed E-state index contributed by atoms with van der Waals surface area (Å²) >= 11 is 0. The Labute approximate surface area is 183 Å². The van der Waals surface area contributed by atoms with Crippen LogP contribution < -0.4 is 9.47 Å². The van der Waals surface area contributed by atoms with Crippen LogP contribution in [0.2, 0.25) is 0 Å². The number of ether oxygens (including phenoxy) is 2. The average Bonchev–Trinajstić information content (AvgIpc) is 3.19. The topological polar surface area (TPSA) is 77.1 Å². The third-order valence-corrected chi connectivity index (χ3v) is 5.23. The van der Waals surface area contributed by atoms with Gasteiger partial charge in [-0.2, -0.15) is 18.4 Å². The maximum atomic E-state index is 12.6. The fourth-order valence-corrected chi connectivity index (χ4v) is 3.36. The predicted octanol–water partition coefficient (Wildman–Crippen LogP) is 5.37. The first kappa shape index (κ1) is 23.1. The summed E-state index contributed by atoms with van der Waals surface area (Å²) in [4.78, 5) is 16.9. The molecule has 0 N–H and O–H groups in total. The number of aromatic nitrogens is 2. The predicted molar refractivity (Wildman–Crippen MR) is 112 cm³/mol. The third kappa shape index (κ3) is 4.54. The fourth-order valence-electron chi connectivity index (χ4n) is 3.36. The van der Waals surface area contributed by atoms with Gasteiger partial charge in [-0.05, 0) is 31.5 Å². The standard InChI is InChI=1S/C23H22F3N3O3/c1-22(2,12-27)14-5-6-17-16(9-14)28-13-29(17)15-10-19(31-3)21(20(11-15)32-4)18(30)7-8-23(24,25)26/h5-6,9-11,13H,7-8H2,1-4H3. The highest BCUT2D eigenvalue weighted by atomic mass is 19.4. The summed E-state index contributed by atoms with van der Waals surface area (Å²) < 4.78 is 50.1. The van der Waals surface area contributed by atoms with Gasteiger partial charge in [0.2, 0.25) is 0 Å². The molecule has 0 fully saturated rings. The second kappa shape index (κ2) is 8.54. The minimum atomic E-state index is -4.44. The minimum Gasteiger partial charge on any atom is -0.496 e. The summed E-state index contributed by atoms with van der Waals surface area (Å²) in [5, 5.41) is 9.38. The summed E-state index contributed by atoms with van der Waals surface area (Å²) in [6, 6.07) is 10.9. The highest BCUT2D eigenvalue weighted by molar-refractivity contribution is 6.02.